The first-order valence-electron chi connectivity index (χ1n) is 16.0. The molecule has 12 nitrogen and oxygen atoms in total. The minimum Gasteiger partial charge on any atom is -0.492 e. The summed E-state index contributed by atoms with van der Waals surface area (Å²) in [5.41, 5.74) is 1.17. The lowest BCUT2D eigenvalue weighted by molar-refractivity contribution is -0.129. The van der Waals surface area contributed by atoms with Gasteiger partial charge in [0.05, 0.1) is 25.8 Å². The number of Topliss-reactive ketones (excluding diaryl/α,β-unsaturated/α-hetero) is 1. The molecule has 4 amide bonds. The standard InChI is InChI=1S/C34H43N5O7/c1-23(2)19-28(32(41)36-27-9-6-12-39(22-29(27)40)34(43)35-25-7-4-3-5-8-25)37-33(42)31-21-24-20-26(10-11-30(24)46-31)45-18-15-38-13-16-44-17-14-38/h3-5,7-8,10-11,20-21,23,27-28H,6,9,12-19,22H2,1-2H3,(H,35,43)(H,36,41)(H,37,42)/t27-,28-/m1/s1. The third-order valence-corrected chi connectivity index (χ3v) is 8.11. The van der Waals surface area contributed by atoms with Crippen molar-refractivity contribution in [2.75, 3.05) is 57.9 Å². The number of hydrogen-bond donors (Lipinski definition) is 3. The van der Waals surface area contributed by atoms with E-state index in [4.69, 9.17) is 13.9 Å². The quantitative estimate of drug-likeness (QED) is 0.291. The number of fused-ring (bicyclic) bond motifs is 1. The van der Waals surface area contributed by atoms with Crippen molar-refractivity contribution in [1.82, 2.24) is 20.4 Å². The fraction of sp³-hybridized carbons (Fsp3) is 0.471. The lowest BCUT2D eigenvalue weighted by Crippen LogP contribution is -2.52. The van der Waals surface area contributed by atoms with Gasteiger partial charge in [0.25, 0.3) is 5.91 Å². The molecular formula is C34H43N5O7. The molecule has 2 atom stereocenters. The smallest absolute Gasteiger partial charge is 0.322 e. The van der Waals surface area contributed by atoms with Crippen LogP contribution in [0.5, 0.6) is 5.75 Å². The molecule has 3 heterocycles. The summed E-state index contributed by atoms with van der Waals surface area (Å²) < 4.78 is 17.1. The van der Waals surface area contributed by atoms with Crippen molar-refractivity contribution in [2.24, 2.45) is 5.92 Å². The maximum atomic E-state index is 13.4. The molecule has 12 heteroatoms. The van der Waals surface area contributed by atoms with Gasteiger partial charge < -0.3 is 34.7 Å². The van der Waals surface area contributed by atoms with Crippen molar-refractivity contribution in [1.29, 1.82) is 0 Å². The molecule has 3 aromatic rings. The zero-order valence-electron chi connectivity index (χ0n) is 26.5. The molecule has 1 aromatic heterocycles. The molecule has 0 radical (unpaired) electrons. The third kappa shape index (κ3) is 9.07. The second-order valence-electron chi connectivity index (χ2n) is 12.2. The Kier molecular flexibility index (Phi) is 11.3. The second-order valence-corrected chi connectivity index (χ2v) is 12.2. The van der Waals surface area contributed by atoms with Gasteiger partial charge in [0.1, 0.15) is 24.0 Å². The van der Waals surface area contributed by atoms with E-state index in [1.54, 1.807) is 30.3 Å². The average molecular weight is 634 g/mol. The summed E-state index contributed by atoms with van der Waals surface area (Å²) in [6, 6.07) is 14.0. The molecule has 2 aliphatic heterocycles. The Morgan fingerprint density at radius 2 is 1.80 bits per heavy atom. The van der Waals surface area contributed by atoms with Crippen LogP contribution in [0, 0.1) is 5.92 Å². The normalized spacial score (nSPS) is 18.2. The van der Waals surface area contributed by atoms with E-state index < -0.39 is 23.9 Å². The summed E-state index contributed by atoms with van der Waals surface area (Å²) in [5, 5.41) is 9.16. The molecule has 46 heavy (non-hydrogen) atoms. The Morgan fingerprint density at radius 1 is 1.02 bits per heavy atom. The van der Waals surface area contributed by atoms with E-state index in [0.717, 1.165) is 32.8 Å². The molecule has 0 aliphatic carbocycles. The number of ether oxygens (including phenoxy) is 2. The molecular weight excluding hydrogens is 590 g/mol. The molecule has 0 unspecified atom stereocenters. The molecule has 0 spiro atoms. The Balaban J connectivity index is 1.16. The summed E-state index contributed by atoms with van der Waals surface area (Å²) >= 11 is 0. The number of hydrogen-bond acceptors (Lipinski definition) is 8. The minimum atomic E-state index is -0.881. The molecule has 5 rings (SSSR count). The first kappa shape index (κ1) is 33.0. The van der Waals surface area contributed by atoms with Crippen molar-refractivity contribution in [3.8, 4) is 5.75 Å². The van der Waals surface area contributed by atoms with Gasteiger partial charge in [-0.25, -0.2) is 4.79 Å². The number of para-hydroxylation sites is 1. The lowest BCUT2D eigenvalue weighted by Gasteiger charge is -2.26. The van der Waals surface area contributed by atoms with E-state index in [1.165, 1.54) is 4.90 Å². The van der Waals surface area contributed by atoms with Crippen LogP contribution >= 0.6 is 0 Å². The van der Waals surface area contributed by atoms with Crippen LogP contribution in [0.3, 0.4) is 0 Å². The second kappa shape index (κ2) is 15.7. The van der Waals surface area contributed by atoms with Crippen LogP contribution in [0.2, 0.25) is 0 Å². The molecule has 2 fully saturated rings. The topological polar surface area (TPSA) is 142 Å². The number of carbonyl (C=O) groups excluding carboxylic acids is 4. The first-order chi connectivity index (χ1) is 22.2. The average Bonchev–Trinajstić information content (AvgIpc) is 3.39. The minimum absolute atomic E-state index is 0.0765. The highest BCUT2D eigenvalue weighted by Gasteiger charge is 2.32. The van der Waals surface area contributed by atoms with E-state index in [9.17, 15) is 19.2 Å². The number of anilines is 1. The van der Waals surface area contributed by atoms with Gasteiger partial charge in [-0.3, -0.25) is 19.3 Å². The van der Waals surface area contributed by atoms with E-state index in [-0.39, 0.29) is 30.0 Å². The van der Waals surface area contributed by atoms with Crippen molar-refractivity contribution < 1.29 is 33.1 Å². The third-order valence-electron chi connectivity index (χ3n) is 8.11. The van der Waals surface area contributed by atoms with Gasteiger partial charge in [0.15, 0.2) is 11.5 Å². The van der Waals surface area contributed by atoms with Crippen LogP contribution in [0.1, 0.15) is 43.7 Å². The van der Waals surface area contributed by atoms with E-state index in [1.807, 2.05) is 38.1 Å². The lowest BCUT2D eigenvalue weighted by atomic mass is 10.0. The fourth-order valence-electron chi connectivity index (χ4n) is 5.62. The summed E-state index contributed by atoms with van der Waals surface area (Å²) in [4.78, 5) is 56.3. The Bertz CT molecular complexity index is 1500. The number of rotatable bonds is 11. The van der Waals surface area contributed by atoms with Crippen LogP contribution in [0.25, 0.3) is 11.0 Å². The predicted octanol–water partition coefficient (Wildman–Crippen LogP) is 3.67. The Labute approximate surface area is 268 Å². The highest BCUT2D eigenvalue weighted by atomic mass is 16.5. The number of likely N-dealkylation sites (tertiary alicyclic amines) is 1. The molecule has 2 aromatic carbocycles. The van der Waals surface area contributed by atoms with Crippen LogP contribution in [0.15, 0.2) is 59.0 Å². The maximum absolute atomic E-state index is 13.4. The van der Waals surface area contributed by atoms with Gasteiger partial charge in [-0.05, 0) is 61.6 Å². The number of nitrogens with zero attached hydrogens (tertiary/aromatic N) is 2. The van der Waals surface area contributed by atoms with E-state index in [2.05, 4.69) is 20.9 Å². The van der Waals surface area contributed by atoms with E-state index >= 15 is 0 Å². The zero-order valence-corrected chi connectivity index (χ0v) is 26.5. The summed E-state index contributed by atoms with van der Waals surface area (Å²) in [7, 11) is 0. The van der Waals surface area contributed by atoms with Gasteiger partial charge in [-0.2, -0.15) is 0 Å². The number of morpholine rings is 1. The van der Waals surface area contributed by atoms with Gasteiger partial charge in [0.2, 0.25) is 5.91 Å². The monoisotopic (exact) mass is 633 g/mol. The van der Waals surface area contributed by atoms with Crippen LogP contribution in [-0.2, 0) is 14.3 Å². The van der Waals surface area contributed by atoms with Crippen molar-refractivity contribution in [2.45, 2.75) is 45.2 Å². The highest BCUT2D eigenvalue weighted by molar-refractivity contribution is 6.00. The van der Waals surface area contributed by atoms with Crippen LogP contribution in [0.4, 0.5) is 10.5 Å². The van der Waals surface area contributed by atoms with Crippen molar-refractivity contribution in [3.05, 3.63) is 60.4 Å². The molecule has 2 aliphatic rings. The van der Waals surface area contributed by atoms with Gasteiger partial charge in [0, 0.05) is 37.3 Å². The van der Waals surface area contributed by atoms with Gasteiger partial charge in [-0.15, -0.1) is 0 Å². The summed E-state index contributed by atoms with van der Waals surface area (Å²) in [5.74, 6) is -0.394. The van der Waals surface area contributed by atoms with Gasteiger partial charge in [-0.1, -0.05) is 32.0 Å². The first-order valence-corrected chi connectivity index (χ1v) is 16.0. The summed E-state index contributed by atoms with van der Waals surface area (Å²) in [6.45, 7) is 8.75. The van der Waals surface area contributed by atoms with Crippen LogP contribution < -0.4 is 20.7 Å². The van der Waals surface area contributed by atoms with E-state index in [0.29, 0.717) is 54.8 Å². The molecule has 0 saturated carbocycles. The highest BCUT2D eigenvalue weighted by Crippen LogP contribution is 2.25. The molecule has 2 saturated heterocycles. The molecule has 3 N–H and O–H groups in total. The van der Waals surface area contributed by atoms with Crippen molar-refractivity contribution in [3.63, 3.8) is 0 Å². The van der Waals surface area contributed by atoms with Gasteiger partial charge >= 0.3 is 6.03 Å². The fourth-order valence-corrected chi connectivity index (χ4v) is 5.62. The number of carbonyl (C=O) groups is 4. The maximum Gasteiger partial charge on any atom is 0.322 e. The SMILES string of the molecule is CC(C)C[C@@H](NC(=O)c1cc2cc(OCCN3CCOCC3)ccc2o1)C(=O)N[C@@H]1CCCN(C(=O)Nc2ccccc2)CC1=O. The number of nitrogens with one attached hydrogen (secondary N) is 3. The van der Waals surface area contributed by atoms with Crippen molar-refractivity contribution >= 4 is 40.3 Å². The number of furan rings is 1. The molecule has 0 bridgehead atoms. The largest absolute Gasteiger partial charge is 0.492 e. The Morgan fingerprint density at radius 3 is 2.57 bits per heavy atom. The number of urea groups is 1. The number of ketones is 1. The van der Waals surface area contributed by atoms with Crippen LogP contribution in [-0.4, -0.2) is 98.1 Å². The zero-order chi connectivity index (χ0) is 32.5. The number of benzene rings is 2. The molecule has 246 valence electrons. The summed E-state index contributed by atoms with van der Waals surface area (Å²) in [6.07, 6.45) is 1.30. The predicted molar refractivity (Wildman–Crippen MR) is 173 cm³/mol. The number of amides is 4. The Hall–Kier alpha value is -4.42.